The van der Waals surface area contributed by atoms with Crippen molar-refractivity contribution in [3.8, 4) is 23.0 Å². The summed E-state index contributed by atoms with van der Waals surface area (Å²) in [5.41, 5.74) is 13.3. The van der Waals surface area contributed by atoms with Crippen molar-refractivity contribution in [3.05, 3.63) is 158 Å². The minimum absolute atomic E-state index is 0.153. The van der Waals surface area contributed by atoms with Crippen LogP contribution in [0.3, 0.4) is 0 Å². The van der Waals surface area contributed by atoms with Gasteiger partial charge >= 0.3 is 6.71 Å². The first-order valence-electron chi connectivity index (χ1n) is 18.3. The molecule has 0 bridgehead atoms. The summed E-state index contributed by atoms with van der Waals surface area (Å²) >= 11 is 0. The zero-order valence-corrected chi connectivity index (χ0v) is 28.7. The smallest absolute Gasteiger partial charge is 0.301 e. The molecule has 7 aromatic carbocycles. The van der Waals surface area contributed by atoms with Crippen LogP contribution in [0.5, 0.6) is 23.0 Å². The molecule has 8 heteroatoms. The molecule has 0 saturated carbocycles. The van der Waals surface area contributed by atoms with Crippen LogP contribution in [0.1, 0.15) is 0 Å². The summed E-state index contributed by atoms with van der Waals surface area (Å²) in [4.78, 5) is 4.57. The average molecular weight is 692 g/mol. The molecule has 13 rings (SSSR count). The van der Waals surface area contributed by atoms with Crippen molar-refractivity contribution in [1.82, 2.24) is 0 Å². The van der Waals surface area contributed by atoms with Gasteiger partial charge in [0, 0.05) is 50.5 Å². The van der Waals surface area contributed by atoms with Crippen LogP contribution >= 0.6 is 0 Å². The van der Waals surface area contributed by atoms with Gasteiger partial charge in [0.2, 0.25) is 5.88 Å². The van der Waals surface area contributed by atoms with E-state index in [1.807, 2.05) is 18.2 Å². The van der Waals surface area contributed by atoms with Crippen molar-refractivity contribution >= 4 is 103 Å². The Kier molecular flexibility index (Phi) is 5.44. The molecule has 250 valence electrons. The number of nitrogens with zero attached hydrogens (tertiary/aromatic N) is 2. The average Bonchev–Trinajstić information content (AvgIpc) is 3.80. The Morgan fingerprint density at radius 1 is 0.407 bits per heavy atom. The van der Waals surface area contributed by atoms with Crippen molar-refractivity contribution in [3.63, 3.8) is 0 Å². The van der Waals surface area contributed by atoms with Crippen molar-refractivity contribution in [2.75, 3.05) is 9.80 Å². The molecule has 9 aromatic rings. The summed E-state index contributed by atoms with van der Waals surface area (Å²) < 4.78 is 27.6. The van der Waals surface area contributed by atoms with Crippen LogP contribution in [0.2, 0.25) is 0 Å². The predicted octanol–water partition coefficient (Wildman–Crippen LogP) is 7.99. The van der Waals surface area contributed by atoms with E-state index in [-0.39, 0.29) is 13.4 Å². The topological polar surface area (TPSA) is 51.2 Å². The number of anilines is 6. The van der Waals surface area contributed by atoms with E-state index in [1.54, 1.807) is 0 Å². The number of rotatable bonds is 2. The highest BCUT2D eigenvalue weighted by Gasteiger charge is 2.49. The number of benzene rings is 7. The highest BCUT2D eigenvalue weighted by Crippen LogP contribution is 2.46. The van der Waals surface area contributed by atoms with Crippen LogP contribution in [0.15, 0.2) is 167 Å². The number of hydrogen-bond acceptors (Lipinski definition) is 6. The van der Waals surface area contributed by atoms with Crippen molar-refractivity contribution in [2.45, 2.75) is 0 Å². The second-order valence-electron chi connectivity index (χ2n) is 14.3. The van der Waals surface area contributed by atoms with E-state index < -0.39 is 0 Å². The maximum atomic E-state index is 6.95. The summed E-state index contributed by atoms with van der Waals surface area (Å²) in [6.07, 6.45) is 0. The number of furan rings is 2. The van der Waals surface area contributed by atoms with Gasteiger partial charge in [-0.3, -0.25) is 4.90 Å². The largest absolute Gasteiger partial charge is 0.468 e. The Morgan fingerprint density at radius 2 is 0.963 bits per heavy atom. The third kappa shape index (κ3) is 3.62. The van der Waals surface area contributed by atoms with Gasteiger partial charge in [-0.25, -0.2) is 0 Å². The Hall–Kier alpha value is -7.05. The number of para-hydroxylation sites is 4. The Balaban J connectivity index is 1.09. The lowest BCUT2D eigenvalue weighted by molar-refractivity contribution is 0.465. The molecule has 0 atom stereocenters. The van der Waals surface area contributed by atoms with Crippen LogP contribution in [0.4, 0.5) is 34.3 Å². The first-order chi connectivity index (χ1) is 26.8. The molecule has 0 fully saturated rings. The van der Waals surface area contributed by atoms with E-state index in [9.17, 15) is 0 Å². The molecule has 0 spiro atoms. The molecule has 0 saturated heterocycles. The molecule has 0 unspecified atom stereocenters. The summed E-state index contributed by atoms with van der Waals surface area (Å²) in [7, 11) is 0. The second kappa shape index (κ2) is 10.3. The lowest BCUT2D eigenvalue weighted by atomic mass is 9.32. The molecule has 0 aliphatic carbocycles. The fraction of sp³-hybridized carbons (Fsp3) is 0. The third-order valence-corrected chi connectivity index (χ3v) is 11.6. The molecule has 0 N–H and O–H groups in total. The zero-order chi connectivity index (χ0) is 35.1. The number of hydrogen-bond donors (Lipinski definition) is 0. The second-order valence-corrected chi connectivity index (χ2v) is 14.3. The molecule has 4 aliphatic rings. The van der Waals surface area contributed by atoms with E-state index in [1.165, 1.54) is 0 Å². The van der Waals surface area contributed by atoms with Gasteiger partial charge < -0.3 is 23.2 Å². The minimum atomic E-state index is -0.214. The van der Waals surface area contributed by atoms with Gasteiger partial charge in [0.05, 0.1) is 11.3 Å². The Labute approximate surface area is 310 Å². The summed E-state index contributed by atoms with van der Waals surface area (Å²) in [6.45, 7) is -0.366. The molecule has 2 aromatic heterocycles. The van der Waals surface area contributed by atoms with E-state index >= 15 is 0 Å². The molecule has 6 nitrogen and oxygen atoms in total. The van der Waals surface area contributed by atoms with E-state index in [4.69, 9.17) is 18.3 Å². The van der Waals surface area contributed by atoms with Gasteiger partial charge in [0.1, 0.15) is 34.2 Å². The van der Waals surface area contributed by atoms with Gasteiger partial charge in [-0.05, 0) is 83.1 Å². The van der Waals surface area contributed by atoms with Gasteiger partial charge in [-0.1, -0.05) is 84.9 Å². The van der Waals surface area contributed by atoms with Gasteiger partial charge in [-0.15, -0.1) is 0 Å². The zero-order valence-electron chi connectivity index (χ0n) is 28.7. The number of fused-ring (bicyclic) bond motifs is 12. The summed E-state index contributed by atoms with van der Waals surface area (Å²) in [5, 5.41) is 2.16. The highest BCUT2D eigenvalue weighted by atomic mass is 16.5. The first kappa shape index (κ1) is 28.5. The van der Waals surface area contributed by atoms with Crippen molar-refractivity contribution in [1.29, 1.82) is 0 Å². The SMILES string of the molecule is c1ccc(N2c3cccc4c3B(c3cc5c(cc3O4)Oc3cccc4c3B5c3oc5ccccc5c3N4c3ccccc3)c3c2oc2ccccc32)cc1. The van der Waals surface area contributed by atoms with Gasteiger partial charge in [-0.2, -0.15) is 0 Å². The molecule has 0 amide bonds. The summed E-state index contributed by atoms with van der Waals surface area (Å²) in [5.74, 6) is 4.01. The molecule has 4 aliphatic heterocycles. The third-order valence-electron chi connectivity index (χ3n) is 11.6. The quantitative estimate of drug-likeness (QED) is 0.171. The van der Waals surface area contributed by atoms with E-state index in [0.717, 1.165) is 112 Å². The van der Waals surface area contributed by atoms with Crippen LogP contribution in [0, 0.1) is 0 Å². The normalized spacial score (nSPS) is 14.1. The number of ether oxygens (including phenoxy) is 2. The standard InChI is InChI=1S/C46H26B2N2O4/c1-3-13-27(14-4-1)49-33-19-11-24-38-43(33)48(45-44(49)30-18-8-10-22-36(30)53-45)32-25-31-39(26-40(32)52-38)51-37-23-12-20-34-42(37)47(31)41-29-17-7-9-21-35(29)54-46(41)50(34)28-15-5-2-6-16-28/h1-26H. The Bertz CT molecular complexity index is 3050. The fourth-order valence-electron chi connectivity index (χ4n) is 9.44. The molecule has 54 heavy (non-hydrogen) atoms. The molecule has 6 heterocycles. The van der Waals surface area contributed by atoms with Crippen molar-refractivity contribution in [2.24, 2.45) is 0 Å². The lowest BCUT2D eigenvalue weighted by Crippen LogP contribution is -2.63. The van der Waals surface area contributed by atoms with Crippen LogP contribution in [0.25, 0.3) is 21.9 Å². The van der Waals surface area contributed by atoms with Crippen LogP contribution < -0.4 is 52.2 Å². The van der Waals surface area contributed by atoms with Crippen LogP contribution in [-0.2, 0) is 0 Å². The molecular formula is C46H26B2N2O4. The summed E-state index contributed by atoms with van der Waals surface area (Å²) in [6, 6.07) is 54.8. The highest BCUT2D eigenvalue weighted by molar-refractivity contribution is 7.02. The molecular weight excluding hydrogens is 666 g/mol. The maximum Gasteiger partial charge on any atom is 0.301 e. The fourth-order valence-corrected chi connectivity index (χ4v) is 9.44. The van der Waals surface area contributed by atoms with Crippen LogP contribution in [-0.4, -0.2) is 13.4 Å². The lowest BCUT2D eigenvalue weighted by Gasteiger charge is -2.39. The Morgan fingerprint density at radius 3 is 1.67 bits per heavy atom. The first-order valence-corrected chi connectivity index (χ1v) is 18.3. The van der Waals surface area contributed by atoms with E-state index in [2.05, 4.69) is 149 Å². The minimum Gasteiger partial charge on any atom is -0.468 e. The van der Waals surface area contributed by atoms with Gasteiger partial charge in [0.15, 0.2) is 0 Å². The van der Waals surface area contributed by atoms with E-state index in [0.29, 0.717) is 0 Å². The monoisotopic (exact) mass is 692 g/mol. The van der Waals surface area contributed by atoms with Gasteiger partial charge in [0.25, 0.3) is 6.71 Å². The van der Waals surface area contributed by atoms with Crippen molar-refractivity contribution < 1.29 is 18.3 Å². The molecule has 0 radical (unpaired) electrons. The predicted molar refractivity (Wildman–Crippen MR) is 218 cm³/mol. The maximum absolute atomic E-state index is 6.95.